The smallest absolute Gasteiger partial charge is 0.163 e. The Morgan fingerprint density at radius 3 is 2.60 bits per heavy atom. The predicted molar refractivity (Wildman–Crippen MR) is 97.6 cm³/mol. The van der Waals surface area contributed by atoms with Gasteiger partial charge in [-0.05, 0) is 24.8 Å². The van der Waals surface area contributed by atoms with E-state index in [1.807, 2.05) is 24.0 Å². The molecule has 1 aliphatic rings. The van der Waals surface area contributed by atoms with Crippen LogP contribution in [0.3, 0.4) is 0 Å². The molecule has 130 valence electrons. The van der Waals surface area contributed by atoms with E-state index in [9.17, 15) is 5.11 Å². The Hall–Kier alpha value is -2.47. The van der Waals surface area contributed by atoms with Crippen LogP contribution in [-0.2, 0) is 19.9 Å². The summed E-state index contributed by atoms with van der Waals surface area (Å²) in [6, 6.07) is 10.4. The largest absolute Gasteiger partial charge is 0.393 e. The van der Waals surface area contributed by atoms with Crippen LogP contribution in [0.4, 0.5) is 5.82 Å². The Labute approximate surface area is 147 Å². The number of hydrogen-bond acceptors (Lipinski definition) is 5. The molecule has 0 unspecified atom stereocenters. The van der Waals surface area contributed by atoms with Gasteiger partial charge in [-0.15, -0.1) is 0 Å². The SMILES string of the molecule is Cn1ncc2c(N3CCC(O)CC3)nc(CCc3ccccc3)nc21. The summed E-state index contributed by atoms with van der Waals surface area (Å²) >= 11 is 0. The lowest BCUT2D eigenvalue weighted by Crippen LogP contribution is -2.36. The van der Waals surface area contributed by atoms with Gasteiger partial charge in [-0.1, -0.05) is 30.3 Å². The molecule has 1 saturated heterocycles. The molecule has 0 radical (unpaired) electrons. The summed E-state index contributed by atoms with van der Waals surface area (Å²) < 4.78 is 1.81. The fourth-order valence-electron chi connectivity index (χ4n) is 3.38. The van der Waals surface area contributed by atoms with E-state index in [1.54, 1.807) is 0 Å². The summed E-state index contributed by atoms with van der Waals surface area (Å²) in [5.74, 6) is 1.80. The molecule has 25 heavy (non-hydrogen) atoms. The highest BCUT2D eigenvalue weighted by molar-refractivity contribution is 5.87. The van der Waals surface area contributed by atoms with Gasteiger partial charge >= 0.3 is 0 Å². The van der Waals surface area contributed by atoms with Crippen LogP contribution in [0, 0.1) is 0 Å². The van der Waals surface area contributed by atoms with E-state index in [2.05, 4.69) is 34.3 Å². The number of aromatic nitrogens is 4. The number of benzene rings is 1. The highest BCUT2D eigenvalue weighted by atomic mass is 16.3. The number of piperidine rings is 1. The molecule has 1 aliphatic heterocycles. The Morgan fingerprint density at radius 2 is 1.84 bits per heavy atom. The Kier molecular flexibility index (Phi) is 4.36. The molecule has 0 amide bonds. The Morgan fingerprint density at radius 1 is 1.08 bits per heavy atom. The first kappa shape index (κ1) is 16.0. The zero-order chi connectivity index (χ0) is 17.2. The summed E-state index contributed by atoms with van der Waals surface area (Å²) in [4.78, 5) is 11.8. The number of nitrogens with zero attached hydrogens (tertiary/aromatic N) is 5. The summed E-state index contributed by atoms with van der Waals surface area (Å²) in [5.41, 5.74) is 2.16. The average molecular weight is 337 g/mol. The van der Waals surface area contributed by atoms with Crippen molar-refractivity contribution in [1.29, 1.82) is 0 Å². The zero-order valence-electron chi connectivity index (χ0n) is 14.5. The predicted octanol–water partition coefficient (Wildman–Crippen LogP) is 2.11. The summed E-state index contributed by atoms with van der Waals surface area (Å²) in [6.07, 6.45) is 4.93. The first-order chi connectivity index (χ1) is 12.2. The molecular weight excluding hydrogens is 314 g/mol. The van der Waals surface area contributed by atoms with Crippen molar-refractivity contribution in [2.45, 2.75) is 31.8 Å². The van der Waals surface area contributed by atoms with E-state index in [-0.39, 0.29) is 6.10 Å². The van der Waals surface area contributed by atoms with Gasteiger partial charge in [0.1, 0.15) is 11.6 Å². The lowest BCUT2D eigenvalue weighted by atomic mass is 10.1. The molecule has 6 heteroatoms. The van der Waals surface area contributed by atoms with Crippen molar-refractivity contribution in [2.24, 2.45) is 7.05 Å². The average Bonchev–Trinajstić information content (AvgIpc) is 3.02. The maximum Gasteiger partial charge on any atom is 0.163 e. The van der Waals surface area contributed by atoms with Crippen molar-refractivity contribution in [1.82, 2.24) is 19.7 Å². The molecule has 0 bridgehead atoms. The van der Waals surface area contributed by atoms with Crippen molar-refractivity contribution in [2.75, 3.05) is 18.0 Å². The minimum absolute atomic E-state index is 0.194. The third-order valence-corrected chi connectivity index (χ3v) is 4.86. The van der Waals surface area contributed by atoms with Gasteiger partial charge < -0.3 is 10.0 Å². The van der Waals surface area contributed by atoms with E-state index in [0.29, 0.717) is 0 Å². The van der Waals surface area contributed by atoms with Gasteiger partial charge in [0.15, 0.2) is 5.65 Å². The standard InChI is InChI=1S/C19H23N5O/c1-23-18-16(13-20-23)19(24-11-9-15(25)10-12-24)22-17(21-18)8-7-14-5-3-2-4-6-14/h2-6,13,15,25H,7-12H2,1H3. The van der Waals surface area contributed by atoms with Gasteiger partial charge in [0.25, 0.3) is 0 Å². The second-order valence-corrected chi connectivity index (χ2v) is 6.67. The summed E-state index contributed by atoms with van der Waals surface area (Å²) in [7, 11) is 1.92. The number of fused-ring (bicyclic) bond motifs is 1. The zero-order valence-corrected chi connectivity index (χ0v) is 14.5. The van der Waals surface area contributed by atoms with Gasteiger partial charge in [0.05, 0.1) is 17.7 Å². The quantitative estimate of drug-likeness (QED) is 0.790. The highest BCUT2D eigenvalue weighted by Crippen LogP contribution is 2.26. The normalized spacial score (nSPS) is 15.8. The van der Waals surface area contributed by atoms with Gasteiger partial charge in [0, 0.05) is 26.6 Å². The maximum absolute atomic E-state index is 9.78. The molecule has 3 aromatic rings. The molecule has 0 atom stereocenters. The second kappa shape index (κ2) is 6.80. The van der Waals surface area contributed by atoms with Crippen molar-refractivity contribution < 1.29 is 5.11 Å². The van der Waals surface area contributed by atoms with E-state index < -0.39 is 0 Å². The monoisotopic (exact) mass is 337 g/mol. The van der Waals surface area contributed by atoms with Gasteiger partial charge in [0.2, 0.25) is 0 Å². The molecule has 1 aromatic carbocycles. The topological polar surface area (TPSA) is 67.1 Å². The van der Waals surface area contributed by atoms with E-state index in [4.69, 9.17) is 9.97 Å². The molecule has 4 rings (SSSR count). The molecular formula is C19H23N5O. The van der Waals surface area contributed by atoms with Gasteiger partial charge in [-0.25, -0.2) is 9.97 Å². The molecule has 3 heterocycles. The number of anilines is 1. The number of hydrogen-bond donors (Lipinski definition) is 1. The van der Waals surface area contributed by atoms with Crippen LogP contribution in [-0.4, -0.2) is 44.0 Å². The molecule has 0 aliphatic carbocycles. The maximum atomic E-state index is 9.78. The van der Waals surface area contributed by atoms with Gasteiger partial charge in [-0.3, -0.25) is 4.68 Å². The highest BCUT2D eigenvalue weighted by Gasteiger charge is 2.22. The Balaban J connectivity index is 1.64. The van der Waals surface area contributed by atoms with Crippen LogP contribution < -0.4 is 4.90 Å². The Bertz CT molecular complexity index is 853. The van der Waals surface area contributed by atoms with Crippen LogP contribution in [0.2, 0.25) is 0 Å². The minimum Gasteiger partial charge on any atom is -0.393 e. The fourth-order valence-corrected chi connectivity index (χ4v) is 3.38. The second-order valence-electron chi connectivity index (χ2n) is 6.67. The van der Waals surface area contributed by atoms with Gasteiger partial charge in [-0.2, -0.15) is 5.10 Å². The molecule has 1 N–H and O–H groups in total. The van der Waals surface area contributed by atoms with Crippen LogP contribution in [0.15, 0.2) is 36.5 Å². The van der Waals surface area contributed by atoms with Crippen molar-refractivity contribution in [3.8, 4) is 0 Å². The molecule has 1 fully saturated rings. The molecule has 2 aromatic heterocycles. The molecule has 6 nitrogen and oxygen atoms in total. The number of aryl methyl sites for hydroxylation is 3. The minimum atomic E-state index is -0.194. The first-order valence-electron chi connectivity index (χ1n) is 8.86. The van der Waals surface area contributed by atoms with E-state index in [1.165, 1.54) is 5.56 Å². The fraction of sp³-hybridized carbons (Fsp3) is 0.421. The molecule has 0 saturated carbocycles. The summed E-state index contributed by atoms with van der Waals surface area (Å²) in [6.45, 7) is 1.64. The van der Waals surface area contributed by atoms with Crippen molar-refractivity contribution in [3.63, 3.8) is 0 Å². The molecule has 0 spiro atoms. The number of aliphatic hydroxyl groups is 1. The lowest BCUT2D eigenvalue weighted by molar-refractivity contribution is 0.145. The summed E-state index contributed by atoms with van der Waals surface area (Å²) in [5, 5.41) is 15.1. The van der Waals surface area contributed by atoms with Crippen LogP contribution in [0.5, 0.6) is 0 Å². The van der Waals surface area contributed by atoms with E-state index in [0.717, 1.165) is 61.4 Å². The lowest BCUT2D eigenvalue weighted by Gasteiger charge is -2.31. The first-order valence-corrected chi connectivity index (χ1v) is 8.86. The number of rotatable bonds is 4. The van der Waals surface area contributed by atoms with Crippen LogP contribution in [0.1, 0.15) is 24.2 Å². The third-order valence-electron chi connectivity index (χ3n) is 4.86. The van der Waals surface area contributed by atoms with Crippen LogP contribution in [0.25, 0.3) is 11.0 Å². The van der Waals surface area contributed by atoms with E-state index >= 15 is 0 Å². The number of aliphatic hydroxyl groups excluding tert-OH is 1. The van der Waals surface area contributed by atoms with Crippen molar-refractivity contribution >= 4 is 16.9 Å². The van der Waals surface area contributed by atoms with Crippen molar-refractivity contribution in [3.05, 3.63) is 47.9 Å². The third kappa shape index (κ3) is 3.35. The van der Waals surface area contributed by atoms with Crippen LogP contribution >= 0.6 is 0 Å².